The Morgan fingerprint density at radius 2 is 1.62 bits per heavy atom. The van der Waals surface area contributed by atoms with Gasteiger partial charge in [0.05, 0.1) is 15.3 Å². The van der Waals surface area contributed by atoms with Crippen LogP contribution in [-0.4, -0.2) is 67.5 Å². The summed E-state index contributed by atoms with van der Waals surface area (Å²) < 4.78 is 29.7. The van der Waals surface area contributed by atoms with Gasteiger partial charge in [0, 0.05) is 63.0 Å². The summed E-state index contributed by atoms with van der Waals surface area (Å²) in [6, 6.07) is 29.1. The zero-order valence-electron chi connectivity index (χ0n) is 28.1. The molecule has 0 bridgehead atoms. The first-order valence-electron chi connectivity index (χ1n) is 17.2. The van der Waals surface area contributed by atoms with Gasteiger partial charge in [0.15, 0.2) is 5.82 Å². The maximum Gasteiger partial charge on any atom is 0.293 e. The lowest BCUT2D eigenvalue weighted by atomic mass is 9.94. The molecule has 50 heavy (non-hydrogen) atoms. The minimum atomic E-state index is -4.19. The molecule has 5 aromatic rings. The zero-order chi connectivity index (χ0) is 34.7. The molecule has 7 rings (SSSR count). The molecule has 1 saturated heterocycles. The Balaban J connectivity index is 1.04. The summed E-state index contributed by atoms with van der Waals surface area (Å²) in [6.45, 7) is 4.35. The number of aromatic nitrogens is 2. The van der Waals surface area contributed by atoms with Crippen LogP contribution in [0.15, 0.2) is 102 Å². The van der Waals surface area contributed by atoms with E-state index < -0.39 is 14.9 Å². The molecule has 0 spiro atoms. The number of fused-ring (bicyclic) bond motifs is 1. The molecule has 1 aliphatic carbocycles. The number of benzene rings is 4. The van der Waals surface area contributed by atoms with Crippen molar-refractivity contribution in [3.05, 3.63) is 113 Å². The van der Waals surface area contributed by atoms with Gasteiger partial charge in [-0.1, -0.05) is 73.9 Å². The number of nitro groups is 1. The largest absolute Gasteiger partial charge is 0.369 e. The number of nitrogens with zero attached hydrogens (tertiary/aromatic N) is 6. The van der Waals surface area contributed by atoms with Gasteiger partial charge >= 0.3 is 0 Å². The first-order chi connectivity index (χ1) is 24.3. The van der Waals surface area contributed by atoms with Gasteiger partial charge in [-0.2, -0.15) is 0 Å². The summed E-state index contributed by atoms with van der Waals surface area (Å²) in [6.07, 6.45) is 6.56. The van der Waals surface area contributed by atoms with Crippen LogP contribution in [0.2, 0.25) is 0 Å². The average molecular weight is 692 g/mol. The molecular weight excluding hydrogens is 651 g/mol. The molecule has 0 unspecified atom stereocenters. The number of piperazine rings is 1. The normalized spacial score (nSPS) is 16.0. The number of nitrogens with one attached hydrogen (secondary N) is 1. The average Bonchev–Trinajstić information content (AvgIpc) is 3.15. The molecule has 1 N–H and O–H groups in total. The number of hydrogen-bond donors (Lipinski definition) is 1. The van der Waals surface area contributed by atoms with Crippen molar-refractivity contribution >= 4 is 43.8 Å². The van der Waals surface area contributed by atoms with Gasteiger partial charge in [0.1, 0.15) is 12.0 Å². The predicted octanol–water partition coefficient (Wildman–Crippen LogP) is 7.10. The molecule has 1 saturated carbocycles. The van der Waals surface area contributed by atoms with E-state index >= 15 is 0 Å². The maximum atomic E-state index is 13.6. The summed E-state index contributed by atoms with van der Waals surface area (Å²) in [5.74, 6) is 0.120. The second-order valence-corrected chi connectivity index (χ2v) is 14.8. The Bertz CT molecular complexity index is 2100. The second kappa shape index (κ2) is 14.4. The number of sulfonamides is 1. The number of rotatable bonds is 10. The third-order valence-electron chi connectivity index (χ3n) is 10.0. The van der Waals surface area contributed by atoms with E-state index in [0.717, 1.165) is 76.6 Å². The summed E-state index contributed by atoms with van der Waals surface area (Å²) in [7, 11) is -2.35. The van der Waals surface area contributed by atoms with Crippen LogP contribution in [0.25, 0.3) is 22.0 Å². The molecule has 0 amide bonds. The fraction of sp³-hybridized carbons (Fsp3) is 0.316. The molecule has 2 aliphatic rings. The number of nitro benzene ring substituents is 1. The van der Waals surface area contributed by atoms with E-state index in [1.54, 1.807) is 0 Å². The SMILES string of the molecule is CN(c1ccc(S(=O)(=O)Nc2ncnc3cc(N4CCN(Cc5ccccc5-c5ccccc5)CC4)ccc23)cc1[N+](=O)[O-])C1CCCCC1. The fourth-order valence-electron chi connectivity index (χ4n) is 7.25. The molecule has 258 valence electrons. The van der Waals surface area contributed by atoms with Crippen molar-refractivity contribution in [2.75, 3.05) is 47.7 Å². The molecule has 1 aliphatic heterocycles. The molecule has 2 heterocycles. The van der Waals surface area contributed by atoms with Crippen LogP contribution in [0.5, 0.6) is 0 Å². The Hall–Kier alpha value is -5.07. The minimum absolute atomic E-state index is 0.120. The minimum Gasteiger partial charge on any atom is -0.369 e. The molecular formula is C38H41N7O4S. The van der Waals surface area contributed by atoms with Crippen LogP contribution >= 0.6 is 0 Å². The van der Waals surface area contributed by atoms with Crippen LogP contribution in [0.4, 0.5) is 22.9 Å². The molecule has 1 aromatic heterocycles. The Morgan fingerprint density at radius 3 is 2.38 bits per heavy atom. The van der Waals surface area contributed by atoms with Crippen LogP contribution < -0.4 is 14.5 Å². The monoisotopic (exact) mass is 691 g/mol. The van der Waals surface area contributed by atoms with E-state index in [-0.39, 0.29) is 22.4 Å². The summed E-state index contributed by atoms with van der Waals surface area (Å²) in [4.78, 5) is 26.8. The molecule has 0 radical (unpaired) electrons. The zero-order valence-corrected chi connectivity index (χ0v) is 28.9. The van der Waals surface area contributed by atoms with Crippen molar-refractivity contribution in [1.29, 1.82) is 0 Å². The van der Waals surface area contributed by atoms with E-state index in [4.69, 9.17) is 0 Å². The first kappa shape index (κ1) is 33.4. The lowest BCUT2D eigenvalue weighted by Gasteiger charge is -2.36. The van der Waals surface area contributed by atoms with Crippen molar-refractivity contribution in [3.8, 4) is 11.1 Å². The first-order valence-corrected chi connectivity index (χ1v) is 18.6. The summed E-state index contributed by atoms with van der Waals surface area (Å²) in [5.41, 5.74) is 5.57. The van der Waals surface area contributed by atoms with Crippen molar-refractivity contribution in [2.45, 2.75) is 49.6 Å². The van der Waals surface area contributed by atoms with Gasteiger partial charge in [0.2, 0.25) is 0 Å². The maximum absolute atomic E-state index is 13.6. The highest BCUT2D eigenvalue weighted by Crippen LogP contribution is 2.35. The van der Waals surface area contributed by atoms with E-state index in [1.165, 1.54) is 35.2 Å². The summed E-state index contributed by atoms with van der Waals surface area (Å²) in [5, 5.41) is 12.6. The molecule has 11 nitrogen and oxygen atoms in total. The van der Waals surface area contributed by atoms with Crippen molar-refractivity contribution in [1.82, 2.24) is 14.9 Å². The Labute approximate surface area is 292 Å². The summed E-state index contributed by atoms with van der Waals surface area (Å²) >= 11 is 0. The van der Waals surface area contributed by atoms with Crippen LogP contribution in [-0.2, 0) is 16.6 Å². The molecule has 12 heteroatoms. The lowest BCUT2D eigenvalue weighted by Crippen LogP contribution is -2.46. The van der Waals surface area contributed by atoms with Crippen LogP contribution in [0, 0.1) is 10.1 Å². The Morgan fingerprint density at radius 1 is 0.880 bits per heavy atom. The van der Waals surface area contributed by atoms with E-state index in [0.29, 0.717) is 16.6 Å². The van der Waals surface area contributed by atoms with Gasteiger partial charge in [-0.3, -0.25) is 19.7 Å². The number of hydrogen-bond acceptors (Lipinski definition) is 9. The standard InChI is InChI=1S/C38H41N7O4S/c1-42(30-13-6-3-7-14-30)36-19-17-32(25-37(36)45(46)47)50(48,49)41-38-34-18-16-31(24-35(34)39-27-40-38)44-22-20-43(21-23-44)26-29-12-8-9-15-33(29)28-10-4-2-5-11-28/h2,4-5,8-12,15-19,24-25,27,30H,3,6-7,13-14,20-23,26H2,1H3,(H,39,40,41). The van der Waals surface area contributed by atoms with Crippen molar-refractivity contribution < 1.29 is 13.3 Å². The lowest BCUT2D eigenvalue weighted by molar-refractivity contribution is -0.384. The van der Waals surface area contributed by atoms with Gasteiger partial charge < -0.3 is 9.80 Å². The van der Waals surface area contributed by atoms with Crippen molar-refractivity contribution in [3.63, 3.8) is 0 Å². The van der Waals surface area contributed by atoms with Gasteiger partial charge in [0.25, 0.3) is 15.7 Å². The van der Waals surface area contributed by atoms with Gasteiger partial charge in [-0.15, -0.1) is 0 Å². The third kappa shape index (κ3) is 7.12. The highest BCUT2D eigenvalue weighted by molar-refractivity contribution is 7.92. The number of anilines is 3. The second-order valence-electron chi connectivity index (χ2n) is 13.1. The highest BCUT2D eigenvalue weighted by Gasteiger charge is 2.28. The van der Waals surface area contributed by atoms with Crippen LogP contribution in [0.3, 0.4) is 0 Å². The predicted molar refractivity (Wildman–Crippen MR) is 198 cm³/mol. The molecule has 2 fully saturated rings. The molecule has 4 aromatic carbocycles. The highest BCUT2D eigenvalue weighted by atomic mass is 32.2. The fourth-order valence-corrected chi connectivity index (χ4v) is 8.30. The Kier molecular flexibility index (Phi) is 9.64. The topological polar surface area (TPSA) is 125 Å². The van der Waals surface area contributed by atoms with Gasteiger partial charge in [-0.05, 0) is 59.9 Å². The quantitative estimate of drug-likeness (QED) is 0.121. The molecule has 0 atom stereocenters. The van der Waals surface area contributed by atoms with E-state index in [1.807, 2.05) is 36.2 Å². The van der Waals surface area contributed by atoms with E-state index in [9.17, 15) is 18.5 Å². The van der Waals surface area contributed by atoms with Crippen molar-refractivity contribution in [2.24, 2.45) is 0 Å². The van der Waals surface area contributed by atoms with E-state index in [2.05, 4.69) is 73.0 Å². The third-order valence-corrected chi connectivity index (χ3v) is 11.4. The smallest absolute Gasteiger partial charge is 0.293 e. The van der Waals surface area contributed by atoms with Gasteiger partial charge in [-0.25, -0.2) is 18.4 Å². The van der Waals surface area contributed by atoms with Crippen LogP contribution in [0.1, 0.15) is 37.7 Å².